The first-order valence-corrected chi connectivity index (χ1v) is 9.27. The van der Waals surface area contributed by atoms with E-state index in [-0.39, 0.29) is 12.5 Å². The van der Waals surface area contributed by atoms with E-state index >= 15 is 0 Å². The number of aromatic nitrogens is 1. The number of carbonyl (C=O) groups excluding carboxylic acids is 2. The number of carbonyl (C=O) groups is 2. The van der Waals surface area contributed by atoms with Crippen molar-refractivity contribution < 1.29 is 19.1 Å². The second-order valence-electron chi connectivity index (χ2n) is 6.50. The Morgan fingerprint density at radius 3 is 2.64 bits per heavy atom. The summed E-state index contributed by atoms with van der Waals surface area (Å²) in [6.07, 6.45) is 2.18. The molecule has 1 atom stereocenters. The minimum atomic E-state index is -0.731. The highest BCUT2D eigenvalue weighted by molar-refractivity contribution is 5.87. The average Bonchev–Trinajstić information content (AvgIpc) is 3.08. The number of esters is 1. The highest BCUT2D eigenvalue weighted by Gasteiger charge is 2.22. The molecule has 0 radical (unpaired) electrons. The van der Waals surface area contributed by atoms with E-state index < -0.39 is 12.0 Å². The first-order valence-electron chi connectivity index (χ1n) is 9.27. The van der Waals surface area contributed by atoms with Crippen molar-refractivity contribution in [2.24, 2.45) is 0 Å². The Bertz CT molecular complexity index is 950. The van der Waals surface area contributed by atoms with E-state index in [0.717, 1.165) is 27.8 Å². The van der Waals surface area contributed by atoms with Crippen LogP contribution in [0.15, 0.2) is 54.7 Å². The maximum absolute atomic E-state index is 12.2. The van der Waals surface area contributed by atoms with Crippen LogP contribution < -0.4 is 10.1 Å². The van der Waals surface area contributed by atoms with Crippen molar-refractivity contribution in [3.8, 4) is 5.75 Å². The van der Waals surface area contributed by atoms with E-state index in [1.165, 1.54) is 6.92 Å². The van der Waals surface area contributed by atoms with Gasteiger partial charge in [0.2, 0.25) is 5.91 Å². The summed E-state index contributed by atoms with van der Waals surface area (Å²) in [6.45, 7) is 3.87. The van der Waals surface area contributed by atoms with Gasteiger partial charge in [-0.05, 0) is 36.2 Å². The number of nitrogens with one attached hydrogen (secondary N) is 2. The quantitative estimate of drug-likeness (QED) is 0.587. The van der Waals surface area contributed by atoms with Crippen molar-refractivity contribution in [1.29, 1.82) is 0 Å². The smallest absolute Gasteiger partial charge is 0.328 e. The molecule has 1 aromatic heterocycles. The lowest BCUT2D eigenvalue weighted by molar-refractivity contribution is -0.147. The summed E-state index contributed by atoms with van der Waals surface area (Å²) in [4.78, 5) is 26.9. The van der Waals surface area contributed by atoms with Crippen molar-refractivity contribution in [1.82, 2.24) is 10.3 Å². The van der Waals surface area contributed by atoms with Crippen molar-refractivity contribution in [3.05, 3.63) is 65.9 Å². The molecule has 0 fully saturated rings. The second kappa shape index (κ2) is 9.08. The minimum absolute atomic E-state index is 0.264. The van der Waals surface area contributed by atoms with Gasteiger partial charge in [-0.3, -0.25) is 4.79 Å². The zero-order chi connectivity index (χ0) is 19.9. The van der Waals surface area contributed by atoms with Crippen LogP contribution >= 0.6 is 0 Å². The van der Waals surface area contributed by atoms with Gasteiger partial charge in [-0.15, -0.1) is 0 Å². The third-order valence-corrected chi connectivity index (χ3v) is 4.36. The molecule has 2 N–H and O–H groups in total. The molecule has 0 saturated carbocycles. The van der Waals surface area contributed by atoms with Crippen LogP contribution in [-0.2, 0) is 27.4 Å². The predicted molar refractivity (Wildman–Crippen MR) is 107 cm³/mol. The largest absolute Gasteiger partial charge is 0.489 e. The standard InChI is InChI=1S/C22H24N2O4/c1-3-27-22(26)21(24-15(2)25)11-17-13-23-20-10-9-18(12-19(17)20)28-14-16-7-5-4-6-8-16/h4-10,12-13,21,23H,3,11,14H2,1-2H3,(H,24,25). The van der Waals surface area contributed by atoms with Crippen molar-refractivity contribution in [2.45, 2.75) is 32.9 Å². The van der Waals surface area contributed by atoms with Gasteiger partial charge in [0, 0.05) is 30.4 Å². The average molecular weight is 380 g/mol. The number of ether oxygens (including phenoxy) is 2. The van der Waals surface area contributed by atoms with Crippen LogP contribution in [0.2, 0.25) is 0 Å². The fourth-order valence-electron chi connectivity index (χ4n) is 3.06. The molecule has 6 nitrogen and oxygen atoms in total. The summed E-state index contributed by atoms with van der Waals surface area (Å²) in [6, 6.07) is 15.0. The van der Waals surface area contributed by atoms with Gasteiger partial charge in [0.15, 0.2) is 0 Å². The zero-order valence-electron chi connectivity index (χ0n) is 16.0. The lowest BCUT2D eigenvalue weighted by atomic mass is 10.0. The number of hydrogen-bond donors (Lipinski definition) is 2. The van der Waals surface area contributed by atoms with Gasteiger partial charge in [-0.25, -0.2) is 4.79 Å². The molecule has 0 aliphatic carbocycles. The highest BCUT2D eigenvalue weighted by Crippen LogP contribution is 2.25. The molecule has 0 bridgehead atoms. The summed E-state index contributed by atoms with van der Waals surface area (Å²) < 4.78 is 11.0. The normalized spacial score (nSPS) is 11.8. The maximum Gasteiger partial charge on any atom is 0.328 e. The second-order valence-corrected chi connectivity index (χ2v) is 6.50. The molecule has 1 unspecified atom stereocenters. The Balaban J connectivity index is 1.78. The van der Waals surface area contributed by atoms with Gasteiger partial charge in [0.05, 0.1) is 6.61 Å². The third-order valence-electron chi connectivity index (χ3n) is 4.36. The molecule has 1 amide bonds. The van der Waals surface area contributed by atoms with Gasteiger partial charge in [-0.1, -0.05) is 30.3 Å². The van der Waals surface area contributed by atoms with Gasteiger partial charge in [0.1, 0.15) is 18.4 Å². The van der Waals surface area contributed by atoms with Gasteiger partial charge in [-0.2, -0.15) is 0 Å². The number of rotatable bonds is 8. The van der Waals surface area contributed by atoms with E-state index in [1.807, 2.05) is 54.7 Å². The SMILES string of the molecule is CCOC(=O)C(Cc1c[nH]c2ccc(OCc3ccccc3)cc12)NC(C)=O. The summed E-state index contributed by atoms with van der Waals surface area (Å²) >= 11 is 0. The Kier molecular flexibility index (Phi) is 6.32. The highest BCUT2D eigenvalue weighted by atomic mass is 16.5. The van der Waals surface area contributed by atoms with Crippen LogP contribution in [0.4, 0.5) is 0 Å². The maximum atomic E-state index is 12.2. The molecule has 6 heteroatoms. The Morgan fingerprint density at radius 2 is 1.93 bits per heavy atom. The van der Waals surface area contributed by atoms with E-state index in [0.29, 0.717) is 13.0 Å². The first-order chi connectivity index (χ1) is 13.6. The lowest BCUT2D eigenvalue weighted by Crippen LogP contribution is -2.42. The predicted octanol–water partition coefficient (Wildman–Crippen LogP) is 3.36. The van der Waals surface area contributed by atoms with Gasteiger partial charge >= 0.3 is 5.97 Å². The van der Waals surface area contributed by atoms with Gasteiger partial charge in [0.25, 0.3) is 0 Å². The van der Waals surface area contributed by atoms with E-state index in [4.69, 9.17) is 9.47 Å². The zero-order valence-corrected chi connectivity index (χ0v) is 16.0. The van der Waals surface area contributed by atoms with Crippen LogP contribution in [0, 0.1) is 0 Å². The minimum Gasteiger partial charge on any atom is -0.489 e. The van der Waals surface area contributed by atoms with Crippen LogP contribution in [0.25, 0.3) is 10.9 Å². The van der Waals surface area contributed by atoms with Crippen LogP contribution in [-0.4, -0.2) is 29.5 Å². The topological polar surface area (TPSA) is 80.4 Å². The molecule has 0 aliphatic heterocycles. The number of benzene rings is 2. The van der Waals surface area contributed by atoms with Gasteiger partial charge < -0.3 is 19.8 Å². The van der Waals surface area contributed by atoms with Crippen molar-refractivity contribution in [2.75, 3.05) is 6.61 Å². The Hall–Kier alpha value is -3.28. The number of fused-ring (bicyclic) bond motifs is 1. The summed E-state index contributed by atoms with van der Waals surface area (Å²) in [7, 11) is 0. The molecule has 0 aliphatic rings. The number of aromatic amines is 1. The van der Waals surface area contributed by atoms with Crippen LogP contribution in [0.1, 0.15) is 25.0 Å². The Morgan fingerprint density at radius 1 is 1.14 bits per heavy atom. The fourth-order valence-corrected chi connectivity index (χ4v) is 3.06. The third kappa shape index (κ3) is 4.91. The summed E-state index contributed by atoms with van der Waals surface area (Å²) in [5.74, 6) is 0.0257. The van der Waals surface area contributed by atoms with Crippen LogP contribution in [0.3, 0.4) is 0 Å². The molecule has 146 valence electrons. The lowest BCUT2D eigenvalue weighted by Gasteiger charge is -2.16. The Labute approximate surface area is 163 Å². The summed E-state index contributed by atoms with van der Waals surface area (Å²) in [5.41, 5.74) is 2.93. The molecular formula is C22H24N2O4. The molecule has 28 heavy (non-hydrogen) atoms. The number of amides is 1. The fraction of sp³-hybridized carbons (Fsp3) is 0.273. The number of H-pyrrole nitrogens is 1. The summed E-state index contributed by atoms with van der Waals surface area (Å²) in [5, 5.41) is 3.62. The first kappa shape index (κ1) is 19.5. The molecule has 0 spiro atoms. The van der Waals surface area contributed by atoms with E-state index in [1.54, 1.807) is 6.92 Å². The van der Waals surface area contributed by atoms with E-state index in [2.05, 4.69) is 10.3 Å². The number of hydrogen-bond acceptors (Lipinski definition) is 4. The molecule has 2 aromatic carbocycles. The van der Waals surface area contributed by atoms with E-state index in [9.17, 15) is 9.59 Å². The molecule has 3 aromatic rings. The van der Waals surface area contributed by atoms with Crippen molar-refractivity contribution in [3.63, 3.8) is 0 Å². The molecule has 0 saturated heterocycles. The molecule has 1 heterocycles. The molecular weight excluding hydrogens is 356 g/mol. The monoisotopic (exact) mass is 380 g/mol. The molecule has 3 rings (SSSR count). The van der Waals surface area contributed by atoms with Crippen LogP contribution in [0.5, 0.6) is 5.75 Å². The van der Waals surface area contributed by atoms with Crippen molar-refractivity contribution >= 4 is 22.8 Å².